The maximum atomic E-state index is 9.63. The molecule has 1 rings (SSSR count). The molecule has 1 saturated heterocycles. The lowest BCUT2D eigenvalue weighted by molar-refractivity contribution is 0.0844. The Balaban J connectivity index is 2.23. The van der Waals surface area contributed by atoms with E-state index in [-0.39, 0.29) is 6.10 Å². The summed E-state index contributed by atoms with van der Waals surface area (Å²) in [6.07, 6.45) is 1.15. The highest BCUT2D eigenvalue weighted by atomic mass is 16.3. The average molecular weight is 171 g/mol. The molecule has 2 unspecified atom stereocenters. The Morgan fingerprint density at radius 1 is 1.50 bits per heavy atom. The fourth-order valence-corrected chi connectivity index (χ4v) is 1.67. The molecule has 12 heavy (non-hydrogen) atoms. The molecule has 1 heterocycles. The normalized spacial score (nSPS) is 28.2. The smallest absolute Gasteiger partial charge is 0.0689 e. The van der Waals surface area contributed by atoms with Gasteiger partial charge in [-0.15, -0.1) is 0 Å². The number of nitrogens with zero attached hydrogens (tertiary/aromatic N) is 1. The summed E-state index contributed by atoms with van der Waals surface area (Å²) in [4.78, 5) is 2.37. The summed E-state index contributed by atoms with van der Waals surface area (Å²) in [5, 5.41) is 9.63. The number of β-amino-alcohol motifs (C(OH)–C–C–N with tert-alkyl or cyclic N) is 1. The largest absolute Gasteiger partial charge is 0.392 e. The highest BCUT2D eigenvalue weighted by molar-refractivity contribution is 4.75. The van der Waals surface area contributed by atoms with Gasteiger partial charge in [0.1, 0.15) is 0 Å². The lowest BCUT2D eigenvalue weighted by atomic mass is 10.1. The van der Waals surface area contributed by atoms with Gasteiger partial charge in [-0.25, -0.2) is 0 Å². The summed E-state index contributed by atoms with van der Waals surface area (Å²) in [6, 6.07) is 0. The van der Waals surface area contributed by atoms with E-state index in [1.165, 1.54) is 19.5 Å². The summed E-state index contributed by atoms with van der Waals surface area (Å²) in [7, 11) is 0. The van der Waals surface area contributed by atoms with E-state index in [1.54, 1.807) is 0 Å². The Hall–Kier alpha value is -0.0800. The molecule has 0 aromatic heterocycles. The van der Waals surface area contributed by atoms with Crippen LogP contribution in [0.1, 0.15) is 27.2 Å². The Labute approximate surface area is 75.6 Å². The number of aliphatic hydroxyl groups excluding tert-OH is 1. The molecule has 1 aliphatic rings. The monoisotopic (exact) mass is 171 g/mol. The van der Waals surface area contributed by atoms with Crippen LogP contribution < -0.4 is 0 Å². The van der Waals surface area contributed by atoms with Crippen LogP contribution in [0.15, 0.2) is 0 Å². The highest BCUT2D eigenvalue weighted by Crippen LogP contribution is 2.16. The third kappa shape index (κ3) is 2.76. The third-order valence-electron chi connectivity index (χ3n) is 2.72. The highest BCUT2D eigenvalue weighted by Gasteiger charge is 2.21. The second kappa shape index (κ2) is 4.24. The molecule has 0 spiro atoms. The first-order chi connectivity index (χ1) is 5.59. The molecule has 0 bridgehead atoms. The minimum absolute atomic E-state index is 0.143. The number of rotatable bonds is 3. The first-order valence-electron chi connectivity index (χ1n) is 5.00. The van der Waals surface area contributed by atoms with Crippen molar-refractivity contribution >= 4 is 0 Å². The van der Waals surface area contributed by atoms with Crippen molar-refractivity contribution in [2.24, 2.45) is 11.8 Å². The van der Waals surface area contributed by atoms with Crippen molar-refractivity contribution < 1.29 is 5.11 Å². The van der Waals surface area contributed by atoms with Crippen molar-refractivity contribution in [2.45, 2.75) is 33.3 Å². The van der Waals surface area contributed by atoms with Crippen LogP contribution in [0.25, 0.3) is 0 Å². The average Bonchev–Trinajstić information content (AvgIpc) is 2.35. The van der Waals surface area contributed by atoms with Crippen molar-refractivity contribution in [3.63, 3.8) is 0 Å². The Bertz CT molecular complexity index is 136. The number of aliphatic hydroxyl groups is 1. The van der Waals surface area contributed by atoms with E-state index in [0.717, 1.165) is 12.5 Å². The van der Waals surface area contributed by atoms with Crippen LogP contribution in [0.3, 0.4) is 0 Å². The summed E-state index contributed by atoms with van der Waals surface area (Å²) in [6.45, 7) is 9.63. The lowest BCUT2D eigenvalue weighted by Crippen LogP contribution is -2.33. The van der Waals surface area contributed by atoms with Gasteiger partial charge >= 0.3 is 0 Å². The predicted octanol–water partition coefficient (Wildman–Crippen LogP) is 1.35. The fourth-order valence-electron chi connectivity index (χ4n) is 1.67. The van der Waals surface area contributed by atoms with E-state index in [1.807, 2.05) is 0 Å². The molecule has 1 aliphatic heterocycles. The first-order valence-corrected chi connectivity index (χ1v) is 5.00. The number of hydrogen-bond donors (Lipinski definition) is 1. The van der Waals surface area contributed by atoms with Crippen molar-refractivity contribution in [1.29, 1.82) is 0 Å². The van der Waals surface area contributed by atoms with E-state index < -0.39 is 0 Å². The third-order valence-corrected chi connectivity index (χ3v) is 2.72. The van der Waals surface area contributed by atoms with Crippen molar-refractivity contribution in [1.82, 2.24) is 4.90 Å². The second-order valence-electron chi connectivity index (χ2n) is 4.46. The Morgan fingerprint density at radius 3 is 2.58 bits per heavy atom. The SMILES string of the molecule is CC1CCN(CC(O)C(C)C)C1. The van der Waals surface area contributed by atoms with Gasteiger partial charge < -0.3 is 10.0 Å². The topological polar surface area (TPSA) is 23.5 Å². The fraction of sp³-hybridized carbons (Fsp3) is 1.00. The number of hydrogen-bond acceptors (Lipinski definition) is 2. The van der Waals surface area contributed by atoms with Crippen LogP contribution in [0.2, 0.25) is 0 Å². The second-order valence-corrected chi connectivity index (χ2v) is 4.46. The van der Waals surface area contributed by atoms with E-state index in [2.05, 4.69) is 25.7 Å². The van der Waals surface area contributed by atoms with Crippen LogP contribution in [0, 0.1) is 11.8 Å². The lowest BCUT2D eigenvalue weighted by Gasteiger charge is -2.21. The summed E-state index contributed by atoms with van der Waals surface area (Å²) in [5.41, 5.74) is 0. The molecule has 0 aromatic carbocycles. The molecular weight excluding hydrogens is 150 g/mol. The van der Waals surface area contributed by atoms with Crippen LogP contribution in [-0.4, -0.2) is 35.7 Å². The van der Waals surface area contributed by atoms with Gasteiger partial charge in [-0.1, -0.05) is 20.8 Å². The maximum Gasteiger partial charge on any atom is 0.0689 e. The van der Waals surface area contributed by atoms with Gasteiger partial charge in [0.2, 0.25) is 0 Å². The van der Waals surface area contributed by atoms with Gasteiger partial charge in [-0.2, -0.15) is 0 Å². The van der Waals surface area contributed by atoms with E-state index in [4.69, 9.17) is 0 Å². The zero-order chi connectivity index (χ0) is 9.14. The molecule has 2 nitrogen and oxygen atoms in total. The van der Waals surface area contributed by atoms with Gasteiger partial charge in [0.25, 0.3) is 0 Å². The molecule has 1 N–H and O–H groups in total. The first kappa shape index (κ1) is 10.0. The van der Waals surface area contributed by atoms with E-state index in [9.17, 15) is 5.11 Å². The van der Waals surface area contributed by atoms with Gasteiger partial charge in [0.15, 0.2) is 0 Å². The molecule has 0 saturated carbocycles. The Kier molecular flexibility index (Phi) is 3.53. The van der Waals surface area contributed by atoms with Crippen molar-refractivity contribution in [2.75, 3.05) is 19.6 Å². The quantitative estimate of drug-likeness (QED) is 0.693. The van der Waals surface area contributed by atoms with E-state index >= 15 is 0 Å². The predicted molar refractivity (Wildman–Crippen MR) is 51.1 cm³/mol. The van der Waals surface area contributed by atoms with E-state index in [0.29, 0.717) is 5.92 Å². The molecular formula is C10H21NO. The van der Waals surface area contributed by atoms with Crippen LogP contribution in [0.4, 0.5) is 0 Å². The van der Waals surface area contributed by atoms with Crippen LogP contribution in [-0.2, 0) is 0 Å². The summed E-state index contributed by atoms with van der Waals surface area (Å²) in [5.74, 6) is 1.21. The molecule has 0 aliphatic carbocycles. The van der Waals surface area contributed by atoms with Gasteiger partial charge in [-0.3, -0.25) is 0 Å². The standard InChI is InChI=1S/C10H21NO/c1-8(2)10(12)7-11-5-4-9(3)6-11/h8-10,12H,4-7H2,1-3H3. The molecule has 0 aromatic rings. The van der Waals surface area contributed by atoms with Gasteiger partial charge in [0, 0.05) is 13.1 Å². The molecule has 1 fully saturated rings. The molecule has 2 heteroatoms. The van der Waals surface area contributed by atoms with Crippen molar-refractivity contribution in [3.8, 4) is 0 Å². The molecule has 2 atom stereocenters. The zero-order valence-electron chi connectivity index (χ0n) is 8.45. The summed E-state index contributed by atoms with van der Waals surface area (Å²) >= 11 is 0. The zero-order valence-corrected chi connectivity index (χ0v) is 8.45. The molecule has 72 valence electrons. The van der Waals surface area contributed by atoms with Crippen molar-refractivity contribution in [3.05, 3.63) is 0 Å². The van der Waals surface area contributed by atoms with Crippen LogP contribution >= 0.6 is 0 Å². The maximum absolute atomic E-state index is 9.63. The molecule has 0 radical (unpaired) electrons. The minimum Gasteiger partial charge on any atom is -0.392 e. The molecule has 0 amide bonds. The van der Waals surface area contributed by atoms with Crippen LogP contribution in [0.5, 0.6) is 0 Å². The van der Waals surface area contributed by atoms with Gasteiger partial charge in [0.05, 0.1) is 6.10 Å². The van der Waals surface area contributed by atoms with Gasteiger partial charge in [-0.05, 0) is 24.8 Å². The summed E-state index contributed by atoms with van der Waals surface area (Å²) < 4.78 is 0. The minimum atomic E-state index is -0.143. The number of likely N-dealkylation sites (tertiary alicyclic amines) is 1. The Morgan fingerprint density at radius 2 is 2.17 bits per heavy atom.